The molecule has 28 heavy (non-hydrogen) atoms. The van der Waals surface area contributed by atoms with Crippen LogP contribution in [0.3, 0.4) is 0 Å². The number of nitrogens with zero attached hydrogens (tertiary/aromatic N) is 4. The van der Waals surface area contributed by atoms with Crippen LogP contribution in [0.2, 0.25) is 0 Å². The average molecular weight is 382 g/mol. The zero-order valence-electron chi connectivity index (χ0n) is 15.1. The van der Waals surface area contributed by atoms with Crippen molar-refractivity contribution < 1.29 is 8.78 Å². The van der Waals surface area contributed by atoms with Gasteiger partial charge in [0, 0.05) is 26.2 Å². The molecule has 0 amide bonds. The molecule has 1 fully saturated rings. The van der Waals surface area contributed by atoms with Crippen LogP contribution >= 0.6 is 0 Å². The van der Waals surface area contributed by atoms with Crippen molar-refractivity contribution in [3.63, 3.8) is 0 Å². The van der Waals surface area contributed by atoms with E-state index in [1.54, 1.807) is 30.3 Å². The second kappa shape index (κ2) is 7.67. The fourth-order valence-electron chi connectivity index (χ4n) is 3.30. The molecule has 1 aromatic heterocycles. The predicted octanol–water partition coefficient (Wildman–Crippen LogP) is 3.41. The Balaban J connectivity index is 1.50. The monoisotopic (exact) mass is 382 g/mol. The topological polar surface area (TPSA) is 70.3 Å². The highest BCUT2D eigenvalue weighted by molar-refractivity contribution is 5.78. The average Bonchev–Trinajstić information content (AvgIpc) is 2.72. The van der Waals surface area contributed by atoms with Gasteiger partial charge in [0.05, 0.1) is 11.4 Å². The lowest BCUT2D eigenvalue weighted by atomic mass is 10.2. The number of rotatable bonds is 4. The van der Waals surface area contributed by atoms with Gasteiger partial charge >= 0.3 is 0 Å². The largest absolute Gasteiger partial charge is 0.393 e. The van der Waals surface area contributed by atoms with Crippen LogP contribution in [-0.2, 0) is 0 Å². The molecular weight excluding hydrogens is 362 g/mol. The molecule has 0 radical (unpaired) electrons. The first-order valence-electron chi connectivity index (χ1n) is 9.00. The maximum Gasteiger partial charge on any atom is 0.159 e. The van der Waals surface area contributed by atoms with Crippen molar-refractivity contribution in [2.75, 3.05) is 47.0 Å². The van der Waals surface area contributed by atoms with Gasteiger partial charge in [0.15, 0.2) is 11.6 Å². The maximum absolute atomic E-state index is 14.0. The van der Waals surface area contributed by atoms with Crippen molar-refractivity contribution in [3.05, 3.63) is 66.5 Å². The molecule has 0 unspecified atom stereocenters. The van der Waals surface area contributed by atoms with Gasteiger partial charge < -0.3 is 20.9 Å². The van der Waals surface area contributed by atoms with Crippen molar-refractivity contribution in [1.29, 1.82) is 0 Å². The van der Waals surface area contributed by atoms with Gasteiger partial charge in [-0.25, -0.2) is 18.7 Å². The molecule has 2 aromatic carbocycles. The molecule has 1 saturated heterocycles. The van der Waals surface area contributed by atoms with E-state index in [0.29, 0.717) is 54.9 Å². The van der Waals surface area contributed by atoms with E-state index in [2.05, 4.69) is 15.3 Å². The molecule has 0 atom stereocenters. The Morgan fingerprint density at radius 3 is 2.18 bits per heavy atom. The lowest BCUT2D eigenvalue weighted by molar-refractivity contribution is 0.596. The second-order valence-corrected chi connectivity index (χ2v) is 6.49. The molecule has 0 bridgehead atoms. The van der Waals surface area contributed by atoms with Gasteiger partial charge in [-0.05, 0) is 24.3 Å². The molecule has 3 N–H and O–H groups in total. The Hall–Kier alpha value is -3.42. The van der Waals surface area contributed by atoms with E-state index in [1.807, 2.05) is 15.9 Å². The highest BCUT2D eigenvalue weighted by Gasteiger charge is 2.23. The van der Waals surface area contributed by atoms with Crippen molar-refractivity contribution >= 4 is 28.7 Å². The third-order valence-electron chi connectivity index (χ3n) is 4.76. The first kappa shape index (κ1) is 18.0. The van der Waals surface area contributed by atoms with Crippen LogP contribution in [0.1, 0.15) is 0 Å². The third-order valence-corrected chi connectivity index (χ3v) is 4.76. The number of para-hydroxylation sites is 2. The predicted molar refractivity (Wildman–Crippen MR) is 107 cm³/mol. The molecule has 2 heterocycles. The number of aromatic nitrogens is 2. The van der Waals surface area contributed by atoms with Gasteiger partial charge in [0.2, 0.25) is 0 Å². The minimum Gasteiger partial charge on any atom is -0.393 e. The Kier molecular flexibility index (Phi) is 4.92. The number of nitrogens with two attached hydrogens (primary N) is 1. The summed E-state index contributed by atoms with van der Waals surface area (Å²) in [6.45, 7) is 2.55. The molecule has 6 nitrogen and oxygen atoms in total. The standard InChI is InChI=1S/C20H20F2N6/c21-14-5-1-3-7-16(14)26-19-18(23)20(25-13-24-19)28-11-9-27(10-12-28)17-8-4-2-6-15(17)22/h1-8,13H,9-12,23H2,(H,24,25,26). The highest BCUT2D eigenvalue weighted by atomic mass is 19.1. The van der Waals surface area contributed by atoms with Gasteiger partial charge in [0.25, 0.3) is 0 Å². The summed E-state index contributed by atoms with van der Waals surface area (Å²) in [5.74, 6) is 0.322. The van der Waals surface area contributed by atoms with Crippen molar-refractivity contribution in [2.45, 2.75) is 0 Å². The lowest BCUT2D eigenvalue weighted by Crippen LogP contribution is -2.47. The van der Waals surface area contributed by atoms with Crippen LogP contribution in [0.15, 0.2) is 54.9 Å². The number of halogens is 2. The molecule has 0 spiro atoms. The summed E-state index contributed by atoms with van der Waals surface area (Å²) < 4.78 is 27.9. The van der Waals surface area contributed by atoms with E-state index < -0.39 is 0 Å². The van der Waals surface area contributed by atoms with Crippen LogP contribution in [0.4, 0.5) is 37.5 Å². The fourth-order valence-corrected chi connectivity index (χ4v) is 3.30. The summed E-state index contributed by atoms with van der Waals surface area (Å²) in [5.41, 5.74) is 7.50. The zero-order chi connectivity index (χ0) is 19.5. The molecule has 1 aliphatic rings. The Morgan fingerprint density at radius 2 is 1.46 bits per heavy atom. The van der Waals surface area contributed by atoms with E-state index in [-0.39, 0.29) is 11.6 Å². The van der Waals surface area contributed by atoms with Crippen molar-refractivity contribution in [3.8, 4) is 0 Å². The quantitative estimate of drug-likeness (QED) is 0.721. The summed E-state index contributed by atoms with van der Waals surface area (Å²) >= 11 is 0. The molecular formula is C20H20F2N6. The molecule has 0 saturated carbocycles. The number of hydrogen-bond donors (Lipinski definition) is 2. The smallest absolute Gasteiger partial charge is 0.159 e. The minimum atomic E-state index is -0.388. The number of anilines is 5. The molecule has 144 valence electrons. The molecule has 3 aromatic rings. The van der Waals surface area contributed by atoms with E-state index in [1.165, 1.54) is 18.5 Å². The third kappa shape index (κ3) is 3.53. The molecule has 0 aliphatic carbocycles. The number of benzene rings is 2. The SMILES string of the molecule is Nc1c(Nc2ccccc2F)ncnc1N1CCN(c2ccccc2F)CC1. The highest BCUT2D eigenvalue weighted by Crippen LogP contribution is 2.30. The van der Waals surface area contributed by atoms with E-state index in [4.69, 9.17) is 5.73 Å². The molecule has 1 aliphatic heterocycles. The van der Waals surface area contributed by atoms with Gasteiger partial charge in [-0.3, -0.25) is 0 Å². The van der Waals surface area contributed by atoms with E-state index >= 15 is 0 Å². The summed E-state index contributed by atoms with van der Waals surface area (Å²) in [5, 5.41) is 2.92. The normalized spacial score (nSPS) is 14.2. The second-order valence-electron chi connectivity index (χ2n) is 6.49. The van der Waals surface area contributed by atoms with Gasteiger partial charge in [0.1, 0.15) is 23.6 Å². The number of nitrogens with one attached hydrogen (secondary N) is 1. The molecule has 8 heteroatoms. The van der Waals surface area contributed by atoms with Gasteiger partial charge in [-0.1, -0.05) is 24.3 Å². The summed E-state index contributed by atoms with van der Waals surface area (Å²) in [4.78, 5) is 12.5. The van der Waals surface area contributed by atoms with Crippen molar-refractivity contribution in [2.24, 2.45) is 0 Å². The van der Waals surface area contributed by atoms with E-state index in [9.17, 15) is 8.78 Å². The first-order chi connectivity index (χ1) is 13.6. The zero-order valence-corrected chi connectivity index (χ0v) is 15.1. The summed E-state index contributed by atoms with van der Waals surface area (Å²) in [6, 6.07) is 13.1. The van der Waals surface area contributed by atoms with Gasteiger partial charge in [-0.2, -0.15) is 0 Å². The van der Waals surface area contributed by atoms with Gasteiger partial charge in [-0.15, -0.1) is 0 Å². The minimum absolute atomic E-state index is 0.228. The van der Waals surface area contributed by atoms with Crippen LogP contribution in [-0.4, -0.2) is 36.1 Å². The van der Waals surface area contributed by atoms with E-state index in [0.717, 1.165) is 0 Å². The number of piperazine rings is 1. The number of nitrogen functional groups attached to an aromatic ring is 1. The Bertz CT molecular complexity index is 972. The first-order valence-corrected chi connectivity index (χ1v) is 9.00. The Labute approximate surface area is 161 Å². The summed E-state index contributed by atoms with van der Waals surface area (Å²) in [7, 11) is 0. The fraction of sp³-hybridized carbons (Fsp3) is 0.200. The van der Waals surface area contributed by atoms with Crippen LogP contribution in [0.25, 0.3) is 0 Å². The number of hydrogen-bond acceptors (Lipinski definition) is 6. The Morgan fingerprint density at radius 1 is 0.821 bits per heavy atom. The van der Waals surface area contributed by atoms with Crippen LogP contribution < -0.4 is 20.9 Å². The maximum atomic E-state index is 14.0. The van der Waals surface area contributed by atoms with Crippen molar-refractivity contribution in [1.82, 2.24) is 9.97 Å². The summed E-state index contributed by atoms with van der Waals surface area (Å²) in [6.07, 6.45) is 1.40. The van der Waals surface area contributed by atoms with Crippen LogP contribution in [0.5, 0.6) is 0 Å². The molecule has 4 rings (SSSR count). The lowest BCUT2D eigenvalue weighted by Gasteiger charge is -2.37. The van der Waals surface area contributed by atoms with Crippen LogP contribution in [0, 0.1) is 11.6 Å².